The van der Waals surface area contributed by atoms with E-state index in [1.54, 1.807) is 20.3 Å². The van der Waals surface area contributed by atoms with Crippen LogP contribution in [0.4, 0.5) is 0 Å². The van der Waals surface area contributed by atoms with Crippen molar-refractivity contribution in [1.82, 2.24) is 28.1 Å². The van der Waals surface area contributed by atoms with Gasteiger partial charge in [-0.3, -0.25) is 0 Å². The fraction of sp³-hybridized carbons (Fsp3) is 0.152. The van der Waals surface area contributed by atoms with Crippen LogP contribution in [0.1, 0.15) is 44.5 Å². The second kappa shape index (κ2) is 29.3. The summed E-state index contributed by atoms with van der Waals surface area (Å²) in [5, 5.41) is 43.4. The first-order chi connectivity index (χ1) is 50.1. The SMILES string of the molecule is COc1ccc(C)cc1-n1c2ccccc2c2ccccc21.COc1ccc(C)cc1C.Cc1cc(CN(C)CCN(C)Cc2cc(C)cc(-n3c4ccccc4c4ccccc43)c2O)c(O)c(-n2c3ccccc3c3ccccc32)c1.Cc1ccc(O)c(-n2c3ccccc3c3ccccc32)c1. The summed E-state index contributed by atoms with van der Waals surface area (Å²) < 4.78 is 19.5. The standard InChI is InChI=1S/C44H42N4O2.C20H17NO.C19H15NO.C9H12O/c1-29-23-31(43(49)41(25-29)47-37-17-9-5-13-33(37)34-14-6-10-18-38(34)47)27-45(3)21-22-46(4)28-32-24-30(2)26-42(44(32)50)48-39-19-11-7-15-35(39)36-16-8-12-20-40(36)48;1-14-11-12-20(22-2)19(13-14)21-17-9-5-3-7-15(17)16-8-4-6-10-18(16)21;1-13-10-11-19(21)18(12-13)20-16-8-4-2-6-14(16)15-7-3-5-9-17(15)20;1-7-4-5-9(10-3)8(2)6-7/h5-20,23-26,49-50H,21-22,27-28H2,1-4H3;3-13H,1-2H3;2-12,21H,1H3;4-6H,1-3H3. The van der Waals surface area contributed by atoms with E-state index >= 15 is 0 Å². The van der Waals surface area contributed by atoms with E-state index in [0.717, 1.165) is 108 Å². The molecule has 0 saturated carbocycles. The summed E-state index contributed by atoms with van der Waals surface area (Å²) >= 11 is 0. The highest BCUT2D eigenvalue weighted by atomic mass is 16.5. The van der Waals surface area contributed by atoms with Gasteiger partial charge in [-0.2, -0.15) is 0 Å². The highest BCUT2D eigenvalue weighted by Crippen LogP contribution is 2.42. The summed E-state index contributed by atoms with van der Waals surface area (Å²) in [6.45, 7) is 15.3. The molecule has 0 bridgehead atoms. The Kier molecular flexibility index (Phi) is 19.4. The van der Waals surface area contributed by atoms with Crippen LogP contribution in [0, 0.1) is 41.5 Å². The van der Waals surface area contributed by atoms with E-state index in [1.165, 1.54) is 70.8 Å². The molecule has 13 aromatic carbocycles. The number of aromatic nitrogens is 4. The minimum absolute atomic E-state index is 0.298. The number of aromatic hydroxyl groups is 3. The van der Waals surface area contributed by atoms with Crippen molar-refractivity contribution in [2.45, 2.75) is 54.6 Å². The minimum Gasteiger partial charge on any atom is -0.506 e. The molecule has 0 aliphatic carbocycles. The Hall–Kier alpha value is -12.0. The molecule has 11 heteroatoms. The topological polar surface area (TPSA) is 105 Å². The number of hydrogen-bond acceptors (Lipinski definition) is 7. The molecule has 0 aliphatic rings. The lowest BCUT2D eigenvalue weighted by Gasteiger charge is -2.24. The molecule has 4 heterocycles. The smallest absolute Gasteiger partial charge is 0.144 e. The fourth-order valence-corrected chi connectivity index (χ4v) is 14.9. The maximum absolute atomic E-state index is 11.7. The molecule has 0 saturated heterocycles. The molecule has 17 rings (SSSR count). The lowest BCUT2D eigenvalue weighted by atomic mass is 10.1. The van der Waals surface area contributed by atoms with Crippen LogP contribution in [0.5, 0.6) is 28.7 Å². The van der Waals surface area contributed by atoms with Gasteiger partial charge in [-0.25, -0.2) is 0 Å². The first-order valence-corrected chi connectivity index (χ1v) is 35.1. The predicted molar refractivity (Wildman–Crippen MR) is 429 cm³/mol. The van der Waals surface area contributed by atoms with Gasteiger partial charge in [-0.05, 0) is 174 Å². The van der Waals surface area contributed by atoms with Crippen molar-refractivity contribution in [2.24, 2.45) is 0 Å². The summed E-state index contributed by atoms with van der Waals surface area (Å²) in [6.07, 6.45) is 0. The average molecular weight is 1360 g/mol. The van der Waals surface area contributed by atoms with Gasteiger partial charge in [0.25, 0.3) is 0 Å². The number of methoxy groups -OCH3 is 2. The second-order valence-corrected chi connectivity index (χ2v) is 27.2. The number of likely N-dealkylation sites (N-methyl/N-ethyl adjacent to an activating group) is 2. The van der Waals surface area contributed by atoms with Gasteiger partial charge < -0.3 is 52.9 Å². The largest absolute Gasteiger partial charge is 0.506 e. The zero-order valence-corrected chi connectivity index (χ0v) is 60.2. The van der Waals surface area contributed by atoms with Gasteiger partial charge in [0, 0.05) is 80.4 Å². The Labute approximate surface area is 601 Å². The normalized spacial score (nSPS) is 11.5. The van der Waals surface area contributed by atoms with E-state index in [-0.39, 0.29) is 0 Å². The number of ether oxygens (including phenoxy) is 2. The Morgan fingerprint density at radius 3 is 0.864 bits per heavy atom. The Morgan fingerprint density at radius 1 is 0.282 bits per heavy atom. The Morgan fingerprint density at radius 2 is 0.544 bits per heavy atom. The molecule has 0 amide bonds. The second-order valence-electron chi connectivity index (χ2n) is 27.2. The number of para-hydroxylation sites is 8. The maximum Gasteiger partial charge on any atom is 0.144 e. The van der Waals surface area contributed by atoms with Crippen molar-refractivity contribution < 1.29 is 24.8 Å². The molecule has 0 aliphatic heterocycles. The van der Waals surface area contributed by atoms with Gasteiger partial charge in [0.15, 0.2) is 0 Å². The van der Waals surface area contributed by atoms with Gasteiger partial charge in [-0.1, -0.05) is 188 Å². The van der Waals surface area contributed by atoms with Crippen LogP contribution in [-0.4, -0.2) is 84.8 Å². The van der Waals surface area contributed by atoms with Crippen LogP contribution >= 0.6 is 0 Å². The van der Waals surface area contributed by atoms with Crippen molar-refractivity contribution in [3.8, 4) is 51.5 Å². The summed E-state index contributed by atoms with van der Waals surface area (Å²) in [5.74, 6) is 2.77. The third-order valence-corrected chi connectivity index (χ3v) is 19.7. The lowest BCUT2D eigenvalue weighted by molar-refractivity contribution is 0.243. The first kappa shape index (κ1) is 68.1. The van der Waals surface area contributed by atoms with Crippen molar-refractivity contribution in [1.29, 1.82) is 0 Å². The van der Waals surface area contributed by atoms with Gasteiger partial charge >= 0.3 is 0 Å². The van der Waals surface area contributed by atoms with Crippen LogP contribution < -0.4 is 9.47 Å². The van der Waals surface area contributed by atoms with Crippen molar-refractivity contribution >= 4 is 87.2 Å². The summed E-state index contributed by atoms with van der Waals surface area (Å²) in [5.41, 5.74) is 21.3. The quantitative estimate of drug-likeness (QED) is 0.106. The third-order valence-electron chi connectivity index (χ3n) is 19.7. The van der Waals surface area contributed by atoms with E-state index in [1.807, 2.05) is 56.3 Å². The third kappa shape index (κ3) is 13.4. The molecular weight excluding hydrogens is 1270 g/mol. The van der Waals surface area contributed by atoms with Crippen molar-refractivity contribution in [3.63, 3.8) is 0 Å². The van der Waals surface area contributed by atoms with E-state index in [2.05, 4.69) is 294 Å². The number of phenols is 3. The van der Waals surface area contributed by atoms with Crippen LogP contribution in [0.25, 0.3) is 110 Å². The number of aryl methyl sites for hydroxylation is 6. The highest BCUT2D eigenvalue weighted by molar-refractivity contribution is 6.12. The minimum atomic E-state index is 0.298. The molecule has 17 aromatic rings. The molecular formula is C92H86N6O5. The molecule has 3 N–H and O–H groups in total. The lowest BCUT2D eigenvalue weighted by Crippen LogP contribution is -2.30. The number of fused-ring (bicyclic) bond motifs is 12. The first-order valence-electron chi connectivity index (χ1n) is 35.1. The molecule has 0 spiro atoms. The van der Waals surface area contributed by atoms with Crippen LogP contribution in [0.15, 0.2) is 273 Å². The average Bonchev–Trinajstić information content (AvgIpc) is 1.62. The number of nitrogens with zero attached hydrogens (tertiary/aromatic N) is 6. The Bertz CT molecular complexity index is 5600. The summed E-state index contributed by atoms with van der Waals surface area (Å²) in [6, 6.07) is 93.7. The van der Waals surface area contributed by atoms with Crippen molar-refractivity contribution in [2.75, 3.05) is 41.4 Å². The van der Waals surface area contributed by atoms with Gasteiger partial charge in [0.2, 0.25) is 0 Å². The fourth-order valence-electron chi connectivity index (χ4n) is 14.9. The molecule has 514 valence electrons. The van der Waals surface area contributed by atoms with Crippen LogP contribution in [-0.2, 0) is 13.1 Å². The molecule has 4 aromatic heterocycles. The number of hydrogen-bond donors (Lipinski definition) is 3. The maximum atomic E-state index is 11.7. The number of rotatable bonds is 13. The molecule has 11 nitrogen and oxygen atoms in total. The zero-order valence-electron chi connectivity index (χ0n) is 60.2. The molecule has 0 fully saturated rings. The summed E-state index contributed by atoms with van der Waals surface area (Å²) in [4.78, 5) is 4.50. The Balaban J connectivity index is 0.000000138. The monoisotopic (exact) mass is 1350 g/mol. The molecule has 0 unspecified atom stereocenters. The van der Waals surface area contributed by atoms with Crippen LogP contribution in [0.3, 0.4) is 0 Å². The highest BCUT2D eigenvalue weighted by Gasteiger charge is 2.22. The number of phenolic OH excluding ortho intramolecular Hbond substituents is 3. The van der Waals surface area contributed by atoms with E-state index < -0.39 is 0 Å². The van der Waals surface area contributed by atoms with E-state index in [0.29, 0.717) is 30.3 Å². The van der Waals surface area contributed by atoms with Gasteiger partial charge in [0.1, 0.15) is 28.7 Å². The zero-order chi connectivity index (χ0) is 71.6. The molecule has 103 heavy (non-hydrogen) atoms. The van der Waals surface area contributed by atoms with Crippen LogP contribution in [0.2, 0.25) is 0 Å². The van der Waals surface area contributed by atoms with E-state index in [9.17, 15) is 15.3 Å². The summed E-state index contributed by atoms with van der Waals surface area (Å²) in [7, 11) is 7.61. The number of benzene rings is 13. The predicted octanol–water partition coefficient (Wildman–Crippen LogP) is 21.7. The van der Waals surface area contributed by atoms with Gasteiger partial charge in [0.05, 0.1) is 81.1 Å². The van der Waals surface area contributed by atoms with Gasteiger partial charge in [-0.15, -0.1) is 0 Å². The van der Waals surface area contributed by atoms with Crippen molar-refractivity contribution in [3.05, 3.63) is 317 Å². The molecule has 0 atom stereocenters. The van der Waals surface area contributed by atoms with E-state index in [4.69, 9.17) is 9.47 Å². The molecule has 0 radical (unpaired) electrons.